The Labute approximate surface area is 191 Å². The summed E-state index contributed by atoms with van der Waals surface area (Å²) < 4.78 is 14.9. The molecular formula is C22H28FN7O3. The smallest absolute Gasteiger partial charge is 0.332 e. The fourth-order valence-corrected chi connectivity index (χ4v) is 3.70. The van der Waals surface area contributed by atoms with Gasteiger partial charge < -0.3 is 15.5 Å². The molecule has 2 aliphatic rings. The molecule has 0 bridgehead atoms. The summed E-state index contributed by atoms with van der Waals surface area (Å²) in [4.78, 5) is 35.2. The van der Waals surface area contributed by atoms with E-state index in [2.05, 4.69) is 21.0 Å². The van der Waals surface area contributed by atoms with Gasteiger partial charge in [0.1, 0.15) is 11.9 Å². The second kappa shape index (κ2) is 10.5. The normalized spacial score (nSPS) is 18.4. The van der Waals surface area contributed by atoms with Crippen LogP contribution in [0.25, 0.3) is 0 Å². The minimum Gasteiger partial charge on any atom is -0.366 e. The number of nitrogens with zero attached hydrogens (tertiary/aromatic N) is 4. The maximum Gasteiger partial charge on any atom is 0.332 e. The quantitative estimate of drug-likeness (QED) is 0.595. The van der Waals surface area contributed by atoms with Gasteiger partial charge in [0.2, 0.25) is 5.91 Å². The number of hydroxylamine groups is 1. The van der Waals surface area contributed by atoms with Crippen molar-refractivity contribution in [1.82, 2.24) is 26.1 Å². The SMILES string of the molecule is CC(=O)NC[C@H]1CN(c2ccc(N3CCNN(C(=O)NCc4ccccn4)CC3)c(F)c2)O1. The zero-order valence-corrected chi connectivity index (χ0v) is 18.5. The molecule has 1 atom stereocenters. The molecule has 11 heteroatoms. The molecule has 3 amide bonds. The lowest BCUT2D eigenvalue weighted by atomic mass is 10.2. The summed E-state index contributed by atoms with van der Waals surface area (Å²) in [5, 5.41) is 8.66. The van der Waals surface area contributed by atoms with E-state index in [1.807, 2.05) is 29.2 Å². The number of hydrazine groups is 1. The second-order valence-electron chi connectivity index (χ2n) is 7.89. The number of halogens is 1. The second-order valence-corrected chi connectivity index (χ2v) is 7.89. The topological polar surface area (TPSA) is 102 Å². The first-order valence-corrected chi connectivity index (χ1v) is 10.9. The van der Waals surface area contributed by atoms with Crippen molar-refractivity contribution in [2.75, 3.05) is 49.2 Å². The van der Waals surface area contributed by atoms with Gasteiger partial charge >= 0.3 is 6.03 Å². The third-order valence-electron chi connectivity index (χ3n) is 5.45. The number of rotatable bonds is 6. The Balaban J connectivity index is 1.28. The van der Waals surface area contributed by atoms with E-state index in [0.29, 0.717) is 57.2 Å². The third kappa shape index (κ3) is 5.88. The zero-order valence-electron chi connectivity index (χ0n) is 18.5. The van der Waals surface area contributed by atoms with Crippen molar-refractivity contribution in [2.45, 2.75) is 19.6 Å². The van der Waals surface area contributed by atoms with E-state index in [-0.39, 0.29) is 23.9 Å². The fourth-order valence-electron chi connectivity index (χ4n) is 3.70. The van der Waals surface area contributed by atoms with E-state index in [1.54, 1.807) is 17.3 Å². The maximum absolute atomic E-state index is 14.9. The van der Waals surface area contributed by atoms with Gasteiger partial charge in [-0.05, 0) is 24.3 Å². The number of hydrogen-bond donors (Lipinski definition) is 3. The van der Waals surface area contributed by atoms with E-state index in [9.17, 15) is 14.0 Å². The molecule has 2 aliphatic heterocycles. The van der Waals surface area contributed by atoms with Crippen LogP contribution < -0.4 is 26.0 Å². The van der Waals surface area contributed by atoms with E-state index >= 15 is 0 Å². The molecule has 176 valence electrons. The summed E-state index contributed by atoms with van der Waals surface area (Å²) in [6.45, 7) is 4.74. The molecule has 0 spiro atoms. The number of aromatic nitrogens is 1. The molecule has 33 heavy (non-hydrogen) atoms. The molecule has 3 N–H and O–H groups in total. The van der Waals surface area contributed by atoms with Crippen LogP contribution in [0.3, 0.4) is 0 Å². The predicted molar refractivity (Wildman–Crippen MR) is 121 cm³/mol. The van der Waals surface area contributed by atoms with Crippen LogP contribution in [0.2, 0.25) is 0 Å². The number of pyridine rings is 1. The van der Waals surface area contributed by atoms with Gasteiger partial charge in [-0.25, -0.2) is 14.6 Å². The zero-order chi connectivity index (χ0) is 23.2. The minimum atomic E-state index is -0.352. The number of carbonyl (C=O) groups excluding carboxylic acids is 2. The first-order valence-electron chi connectivity index (χ1n) is 10.9. The number of amides is 3. The van der Waals surface area contributed by atoms with Gasteiger partial charge in [-0.3, -0.25) is 24.7 Å². The van der Waals surface area contributed by atoms with Gasteiger partial charge in [0.15, 0.2) is 0 Å². The molecule has 3 heterocycles. The van der Waals surface area contributed by atoms with Gasteiger partial charge in [0, 0.05) is 45.4 Å². The van der Waals surface area contributed by atoms with E-state index in [4.69, 9.17) is 4.84 Å². The van der Waals surface area contributed by atoms with Crippen molar-refractivity contribution in [1.29, 1.82) is 0 Å². The molecule has 0 radical (unpaired) electrons. The fraction of sp³-hybridized carbons (Fsp3) is 0.409. The molecule has 2 aromatic rings. The average Bonchev–Trinajstić information content (AvgIpc) is 3.03. The number of anilines is 2. The van der Waals surface area contributed by atoms with E-state index in [1.165, 1.54) is 18.0 Å². The molecular weight excluding hydrogens is 429 g/mol. The maximum atomic E-state index is 14.9. The van der Waals surface area contributed by atoms with Gasteiger partial charge in [-0.15, -0.1) is 0 Å². The molecule has 2 saturated heterocycles. The van der Waals surface area contributed by atoms with Crippen LogP contribution >= 0.6 is 0 Å². The summed E-state index contributed by atoms with van der Waals surface area (Å²) in [6, 6.07) is 10.3. The summed E-state index contributed by atoms with van der Waals surface area (Å²) in [7, 11) is 0. The number of urea groups is 1. The van der Waals surface area contributed by atoms with Crippen molar-refractivity contribution in [3.63, 3.8) is 0 Å². The molecule has 4 rings (SSSR count). The number of benzene rings is 1. The Kier molecular flexibility index (Phi) is 7.20. The van der Waals surface area contributed by atoms with Crippen LogP contribution in [0, 0.1) is 5.82 Å². The predicted octanol–water partition coefficient (Wildman–Crippen LogP) is 1.01. The minimum absolute atomic E-state index is 0.108. The standard InChI is InChI=1S/C22H28FN7O3/c1-16(31)25-14-19-15-30(33-19)18-5-6-21(20(23)12-18)28-9-8-27-29(11-10-28)22(32)26-13-17-4-2-3-7-24-17/h2-7,12,19,27H,8-11,13-15H2,1H3,(H,25,31)(H,26,32)/t19-/m0/s1. The molecule has 1 aromatic carbocycles. The molecule has 0 aliphatic carbocycles. The molecule has 1 aromatic heterocycles. The highest BCUT2D eigenvalue weighted by Crippen LogP contribution is 2.29. The van der Waals surface area contributed by atoms with Crippen molar-refractivity contribution in [3.8, 4) is 0 Å². The monoisotopic (exact) mass is 457 g/mol. The average molecular weight is 458 g/mol. The summed E-state index contributed by atoms with van der Waals surface area (Å²) in [6.07, 6.45) is 1.57. The lowest BCUT2D eigenvalue weighted by Gasteiger charge is -2.40. The molecule has 2 fully saturated rings. The highest BCUT2D eigenvalue weighted by molar-refractivity contribution is 5.74. The Morgan fingerprint density at radius 3 is 2.79 bits per heavy atom. The Bertz CT molecular complexity index is 972. The van der Waals surface area contributed by atoms with Crippen LogP contribution in [0.15, 0.2) is 42.6 Å². The van der Waals surface area contributed by atoms with E-state index in [0.717, 1.165) is 5.69 Å². The van der Waals surface area contributed by atoms with Crippen molar-refractivity contribution < 1.29 is 18.8 Å². The van der Waals surface area contributed by atoms with Crippen molar-refractivity contribution in [3.05, 3.63) is 54.1 Å². The van der Waals surface area contributed by atoms with Gasteiger partial charge in [-0.1, -0.05) is 6.07 Å². The third-order valence-corrected chi connectivity index (χ3v) is 5.45. The lowest BCUT2D eigenvalue weighted by Crippen LogP contribution is -2.53. The summed E-state index contributed by atoms with van der Waals surface area (Å²) in [5.41, 5.74) is 4.97. The van der Waals surface area contributed by atoms with Crippen LogP contribution in [-0.2, 0) is 16.2 Å². The van der Waals surface area contributed by atoms with Crippen LogP contribution in [0.4, 0.5) is 20.6 Å². The Morgan fingerprint density at radius 1 is 1.21 bits per heavy atom. The summed E-state index contributed by atoms with van der Waals surface area (Å²) in [5.74, 6) is -0.460. The highest BCUT2D eigenvalue weighted by Gasteiger charge is 2.29. The lowest BCUT2D eigenvalue weighted by molar-refractivity contribution is -0.121. The van der Waals surface area contributed by atoms with Crippen molar-refractivity contribution in [2.24, 2.45) is 0 Å². The van der Waals surface area contributed by atoms with Gasteiger partial charge in [0.05, 0.1) is 36.7 Å². The first-order chi connectivity index (χ1) is 16.0. The van der Waals surface area contributed by atoms with Crippen LogP contribution in [0.1, 0.15) is 12.6 Å². The summed E-state index contributed by atoms with van der Waals surface area (Å²) >= 11 is 0. The van der Waals surface area contributed by atoms with Crippen LogP contribution in [0.5, 0.6) is 0 Å². The molecule has 10 nitrogen and oxygen atoms in total. The van der Waals surface area contributed by atoms with Gasteiger partial charge in [-0.2, -0.15) is 0 Å². The highest BCUT2D eigenvalue weighted by atomic mass is 19.1. The number of hydrogen-bond acceptors (Lipinski definition) is 7. The number of nitrogens with one attached hydrogen (secondary N) is 3. The first kappa shape index (κ1) is 22.7. The van der Waals surface area contributed by atoms with E-state index < -0.39 is 0 Å². The largest absolute Gasteiger partial charge is 0.366 e. The number of carbonyl (C=O) groups is 2. The molecule has 0 saturated carbocycles. The van der Waals surface area contributed by atoms with Crippen molar-refractivity contribution >= 4 is 23.3 Å². The van der Waals surface area contributed by atoms with Gasteiger partial charge in [0.25, 0.3) is 0 Å². The molecule has 0 unspecified atom stereocenters. The Morgan fingerprint density at radius 2 is 2.06 bits per heavy atom. The van der Waals surface area contributed by atoms with Crippen LogP contribution in [-0.4, -0.2) is 67.3 Å². The Hall–Kier alpha value is -3.44.